The Morgan fingerprint density at radius 1 is 1.25 bits per heavy atom. The molecule has 0 saturated heterocycles. The highest BCUT2D eigenvalue weighted by atomic mass is 16.5. The maximum Gasteiger partial charge on any atom is 0.270 e. The van der Waals surface area contributed by atoms with Crippen molar-refractivity contribution in [3.05, 3.63) is 54.1 Å². The first kappa shape index (κ1) is 15.5. The van der Waals surface area contributed by atoms with Crippen molar-refractivity contribution in [1.29, 1.82) is 0 Å². The van der Waals surface area contributed by atoms with Crippen LogP contribution < -0.4 is 15.8 Å². The van der Waals surface area contributed by atoms with E-state index in [4.69, 9.17) is 10.5 Å². The van der Waals surface area contributed by atoms with E-state index in [-0.39, 0.29) is 12.5 Å². The van der Waals surface area contributed by atoms with Crippen molar-refractivity contribution in [3.8, 4) is 17.1 Å². The van der Waals surface area contributed by atoms with E-state index < -0.39 is 0 Å². The molecule has 0 radical (unpaired) electrons. The van der Waals surface area contributed by atoms with Gasteiger partial charge in [-0.3, -0.25) is 9.89 Å². The summed E-state index contributed by atoms with van der Waals surface area (Å²) in [6.07, 6.45) is 1.44. The molecule has 0 aliphatic heterocycles. The van der Waals surface area contributed by atoms with Crippen LogP contribution in [0.4, 0.5) is 5.69 Å². The van der Waals surface area contributed by atoms with Crippen LogP contribution in [-0.2, 0) is 6.54 Å². The molecule has 3 rings (SSSR count). The average molecular weight is 324 g/mol. The number of nitrogens with two attached hydrogens (primary N) is 1. The number of methoxy groups -OCH3 is 1. The zero-order valence-corrected chi connectivity index (χ0v) is 13.0. The number of nitrogens with zero attached hydrogens (tertiary/aromatic N) is 3. The molecular weight excluding hydrogens is 308 g/mol. The molecule has 24 heavy (non-hydrogen) atoms. The molecule has 2 heterocycles. The second-order valence-corrected chi connectivity index (χ2v) is 4.99. The van der Waals surface area contributed by atoms with Gasteiger partial charge in [0, 0.05) is 5.56 Å². The molecule has 0 bridgehead atoms. The van der Waals surface area contributed by atoms with Crippen LogP contribution in [0.3, 0.4) is 0 Å². The number of hydrogen-bond acceptors (Lipinski definition) is 6. The Balaban J connectivity index is 1.63. The molecule has 0 atom stereocenters. The summed E-state index contributed by atoms with van der Waals surface area (Å²) < 4.78 is 5.11. The van der Waals surface area contributed by atoms with Gasteiger partial charge in [0.1, 0.15) is 17.3 Å². The summed E-state index contributed by atoms with van der Waals surface area (Å²) in [6, 6.07) is 10.6. The van der Waals surface area contributed by atoms with E-state index in [1.807, 2.05) is 24.3 Å². The monoisotopic (exact) mass is 324 g/mol. The van der Waals surface area contributed by atoms with Crippen LogP contribution in [0.25, 0.3) is 11.4 Å². The fraction of sp³-hybridized carbons (Fsp3) is 0.125. The van der Waals surface area contributed by atoms with Crippen molar-refractivity contribution in [2.45, 2.75) is 6.54 Å². The highest BCUT2D eigenvalue weighted by Crippen LogP contribution is 2.18. The molecule has 122 valence electrons. The summed E-state index contributed by atoms with van der Waals surface area (Å²) in [5.74, 6) is 1.55. The SMILES string of the molecule is COc1ccc(-c2n[nH]c(CNC(=O)c3ccc(N)cn3)n2)cc1. The van der Waals surface area contributed by atoms with Crippen LogP contribution in [0, 0.1) is 0 Å². The van der Waals surface area contributed by atoms with Crippen LogP contribution in [-0.4, -0.2) is 33.2 Å². The molecule has 0 aliphatic rings. The molecule has 2 aromatic heterocycles. The third-order valence-electron chi connectivity index (χ3n) is 3.32. The van der Waals surface area contributed by atoms with E-state index in [9.17, 15) is 4.79 Å². The van der Waals surface area contributed by atoms with Crippen molar-refractivity contribution in [1.82, 2.24) is 25.5 Å². The summed E-state index contributed by atoms with van der Waals surface area (Å²) in [5, 5.41) is 9.67. The lowest BCUT2D eigenvalue weighted by Crippen LogP contribution is -2.24. The van der Waals surface area contributed by atoms with E-state index in [1.54, 1.807) is 19.2 Å². The second kappa shape index (κ2) is 6.78. The van der Waals surface area contributed by atoms with Gasteiger partial charge < -0.3 is 15.8 Å². The Bertz CT molecular complexity index is 827. The van der Waals surface area contributed by atoms with Crippen molar-refractivity contribution in [3.63, 3.8) is 0 Å². The average Bonchev–Trinajstić information content (AvgIpc) is 3.09. The van der Waals surface area contributed by atoms with E-state index in [0.717, 1.165) is 11.3 Å². The number of carbonyl (C=O) groups is 1. The number of ether oxygens (including phenoxy) is 1. The molecule has 0 spiro atoms. The molecule has 0 fully saturated rings. The molecular formula is C16H16N6O2. The first-order chi connectivity index (χ1) is 11.7. The number of H-pyrrole nitrogens is 1. The predicted octanol–water partition coefficient (Wildman–Crippen LogP) is 1.39. The van der Waals surface area contributed by atoms with Gasteiger partial charge in [0.05, 0.1) is 25.5 Å². The van der Waals surface area contributed by atoms with E-state index in [1.165, 1.54) is 6.20 Å². The van der Waals surface area contributed by atoms with Crippen LogP contribution in [0.1, 0.15) is 16.3 Å². The fourth-order valence-corrected chi connectivity index (χ4v) is 2.04. The minimum Gasteiger partial charge on any atom is -0.497 e. The Hall–Kier alpha value is -3.42. The highest BCUT2D eigenvalue weighted by Gasteiger charge is 2.10. The second-order valence-electron chi connectivity index (χ2n) is 4.99. The number of amides is 1. The largest absolute Gasteiger partial charge is 0.497 e. The topological polar surface area (TPSA) is 119 Å². The van der Waals surface area contributed by atoms with Crippen LogP contribution in [0.2, 0.25) is 0 Å². The van der Waals surface area contributed by atoms with E-state index >= 15 is 0 Å². The minimum absolute atomic E-state index is 0.216. The zero-order valence-electron chi connectivity index (χ0n) is 13.0. The number of nitrogen functional groups attached to an aromatic ring is 1. The lowest BCUT2D eigenvalue weighted by Gasteiger charge is -2.02. The van der Waals surface area contributed by atoms with E-state index in [0.29, 0.717) is 23.0 Å². The molecule has 4 N–H and O–H groups in total. The summed E-state index contributed by atoms with van der Waals surface area (Å²) in [6.45, 7) is 0.216. The van der Waals surface area contributed by atoms with Gasteiger partial charge in [0.2, 0.25) is 0 Å². The van der Waals surface area contributed by atoms with Gasteiger partial charge in [0.25, 0.3) is 5.91 Å². The molecule has 3 aromatic rings. The van der Waals surface area contributed by atoms with Gasteiger partial charge >= 0.3 is 0 Å². The van der Waals surface area contributed by atoms with Gasteiger partial charge in [-0.1, -0.05) is 0 Å². The Labute approximate surface area is 138 Å². The van der Waals surface area contributed by atoms with Crippen molar-refractivity contribution in [2.75, 3.05) is 12.8 Å². The maximum atomic E-state index is 12.0. The molecule has 1 amide bonds. The number of hydrogen-bond donors (Lipinski definition) is 3. The zero-order chi connectivity index (χ0) is 16.9. The summed E-state index contributed by atoms with van der Waals surface area (Å²) in [4.78, 5) is 20.3. The Kier molecular flexibility index (Phi) is 4.37. The van der Waals surface area contributed by atoms with Gasteiger partial charge in [-0.25, -0.2) is 9.97 Å². The summed E-state index contributed by atoms with van der Waals surface area (Å²) in [5.41, 5.74) is 7.19. The van der Waals surface area contributed by atoms with Crippen LogP contribution in [0.15, 0.2) is 42.6 Å². The fourth-order valence-electron chi connectivity index (χ4n) is 2.04. The van der Waals surface area contributed by atoms with E-state index in [2.05, 4.69) is 25.5 Å². The Morgan fingerprint density at radius 2 is 2.04 bits per heavy atom. The molecule has 8 heteroatoms. The normalized spacial score (nSPS) is 10.4. The number of pyridine rings is 1. The van der Waals surface area contributed by atoms with Gasteiger partial charge in [-0.2, -0.15) is 5.10 Å². The molecule has 0 unspecified atom stereocenters. The van der Waals surface area contributed by atoms with Gasteiger partial charge in [-0.15, -0.1) is 0 Å². The van der Waals surface area contributed by atoms with Crippen molar-refractivity contribution >= 4 is 11.6 Å². The summed E-state index contributed by atoms with van der Waals surface area (Å²) in [7, 11) is 1.61. The minimum atomic E-state index is -0.308. The standard InChI is InChI=1S/C16H16N6O2/c1-24-12-5-2-10(3-6-12)15-20-14(21-22-15)9-19-16(23)13-7-4-11(17)8-18-13/h2-8H,9,17H2,1H3,(H,19,23)(H,20,21,22). The molecule has 8 nitrogen and oxygen atoms in total. The third kappa shape index (κ3) is 3.49. The predicted molar refractivity (Wildman–Crippen MR) is 88.2 cm³/mol. The number of aromatic nitrogens is 4. The molecule has 1 aromatic carbocycles. The number of carbonyl (C=O) groups excluding carboxylic acids is 1. The first-order valence-electron chi connectivity index (χ1n) is 7.21. The number of aromatic amines is 1. The van der Waals surface area contributed by atoms with Crippen LogP contribution in [0.5, 0.6) is 5.75 Å². The lowest BCUT2D eigenvalue weighted by atomic mass is 10.2. The number of benzene rings is 1. The number of nitrogens with one attached hydrogen (secondary N) is 2. The third-order valence-corrected chi connectivity index (χ3v) is 3.32. The molecule has 0 saturated carbocycles. The van der Waals surface area contributed by atoms with Crippen molar-refractivity contribution in [2.24, 2.45) is 0 Å². The first-order valence-corrected chi connectivity index (χ1v) is 7.21. The number of rotatable bonds is 5. The highest BCUT2D eigenvalue weighted by molar-refractivity contribution is 5.92. The Morgan fingerprint density at radius 3 is 2.71 bits per heavy atom. The number of anilines is 1. The quantitative estimate of drug-likeness (QED) is 0.652. The maximum absolute atomic E-state index is 12.0. The summed E-state index contributed by atoms with van der Waals surface area (Å²) >= 11 is 0. The molecule has 0 aliphatic carbocycles. The van der Waals surface area contributed by atoms with Gasteiger partial charge in [0.15, 0.2) is 5.82 Å². The lowest BCUT2D eigenvalue weighted by molar-refractivity contribution is 0.0945. The van der Waals surface area contributed by atoms with Crippen molar-refractivity contribution < 1.29 is 9.53 Å². The van der Waals surface area contributed by atoms with Gasteiger partial charge in [-0.05, 0) is 36.4 Å². The smallest absolute Gasteiger partial charge is 0.270 e. The van der Waals surface area contributed by atoms with Crippen LogP contribution >= 0.6 is 0 Å².